The van der Waals surface area contributed by atoms with Crippen LogP contribution < -0.4 is 16.4 Å². The van der Waals surface area contributed by atoms with Gasteiger partial charge in [0.15, 0.2) is 0 Å². The average Bonchev–Trinajstić information content (AvgIpc) is 3.15. The van der Waals surface area contributed by atoms with Gasteiger partial charge in [-0.3, -0.25) is 24.8 Å². The smallest absolute Gasteiger partial charge is 0.267 e. The Morgan fingerprint density at radius 2 is 2.06 bits per heavy atom. The third kappa shape index (κ3) is 5.27. The molecule has 1 aromatic rings. The van der Waals surface area contributed by atoms with Crippen molar-refractivity contribution in [1.82, 2.24) is 15.2 Å². The van der Waals surface area contributed by atoms with Crippen molar-refractivity contribution < 1.29 is 14.4 Å². The fourth-order valence-electron chi connectivity index (χ4n) is 3.90. The Morgan fingerprint density at radius 1 is 1.35 bits per heavy atom. The second kappa shape index (κ2) is 9.40. The molecule has 9 nitrogen and oxygen atoms in total. The third-order valence-electron chi connectivity index (χ3n) is 5.81. The molecule has 3 atom stereocenters. The highest BCUT2D eigenvalue weighted by Crippen LogP contribution is 2.52. The van der Waals surface area contributed by atoms with Crippen molar-refractivity contribution in [2.45, 2.75) is 49.0 Å². The van der Waals surface area contributed by atoms with E-state index in [4.69, 9.17) is 34.3 Å². The molecule has 0 spiro atoms. The highest BCUT2D eigenvalue weighted by Gasteiger charge is 2.51. The molecule has 3 rings (SSSR count). The number of anilines is 1. The molecule has 3 amide bonds. The van der Waals surface area contributed by atoms with Crippen LogP contribution in [0.5, 0.6) is 0 Å². The van der Waals surface area contributed by atoms with Crippen LogP contribution in [0.15, 0.2) is 18.5 Å². The average molecular weight is 469 g/mol. The van der Waals surface area contributed by atoms with Crippen LogP contribution in [-0.4, -0.2) is 62.8 Å². The summed E-state index contributed by atoms with van der Waals surface area (Å²) in [5.41, 5.74) is 5.43. The van der Waals surface area contributed by atoms with E-state index in [1.54, 1.807) is 4.90 Å². The van der Waals surface area contributed by atoms with Gasteiger partial charge in [0, 0.05) is 30.3 Å². The molecule has 1 aliphatic heterocycles. The minimum Gasteiger partial charge on any atom is -0.374 e. The number of amides is 3. The Labute approximate surface area is 190 Å². The van der Waals surface area contributed by atoms with Crippen molar-refractivity contribution in [3.05, 3.63) is 24.0 Å². The van der Waals surface area contributed by atoms with Crippen molar-refractivity contribution in [3.8, 4) is 0 Å². The number of nitrogens with two attached hydrogens (primary N) is 1. The molecular weight excluding hydrogens is 443 g/mol. The number of aromatic nitrogens is 1. The van der Waals surface area contributed by atoms with Crippen LogP contribution in [-0.2, 0) is 14.4 Å². The van der Waals surface area contributed by atoms with Crippen LogP contribution in [0.4, 0.5) is 5.69 Å². The Hall–Kier alpha value is -2.39. The Kier molecular flexibility index (Phi) is 7.06. The van der Waals surface area contributed by atoms with Gasteiger partial charge in [0.25, 0.3) is 5.91 Å². The predicted molar refractivity (Wildman–Crippen MR) is 118 cm³/mol. The fourth-order valence-corrected chi connectivity index (χ4v) is 4.43. The van der Waals surface area contributed by atoms with Gasteiger partial charge in [-0.15, -0.1) is 23.2 Å². The van der Waals surface area contributed by atoms with Crippen LogP contribution >= 0.6 is 23.2 Å². The van der Waals surface area contributed by atoms with Gasteiger partial charge in [-0.05, 0) is 31.7 Å². The van der Waals surface area contributed by atoms with Crippen molar-refractivity contribution in [2.75, 3.05) is 18.4 Å². The first-order valence-corrected chi connectivity index (χ1v) is 10.9. The van der Waals surface area contributed by atoms with Crippen molar-refractivity contribution >= 4 is 52.3 Å². The number of nitrogens with one attached hydrogen (secondary N) is 3. The zero-order valence-corrected chi connectivity index (χ0v) is 18.7. The molecule has 1 aliphatic carbocycles. The molecule has 1 saturated heterocycles. The number of primary amides is 1. The van der Waals surface area contributed by atoms with E-state index in [-0.39, 0.29) is 41.6 Å². The Morgan fingerprint density at radius 3 is 2.68 bits per heavy atom. The van der Waals surface area contributed by atoms with E-state index in [1.165, 1.54) is 18.5 Å². The molecule has 0 aromatic carbocycles. The number of pyridine rings is 1. The molecule has 2 aliphatic rings. The number of likely N-dealkylation sites (tertiary alicyclic amines) is 1. The van der Waals surface area contributed by atoms with Gasteiger partial charge in [-0.1, -0.05) is 6.92 Å². The topological polar surface area (TPSA) is 141 Å². The second-order valence-electron chi connectivity index (χ2n) is 7.88. The number of halogens is 2. The summed E-state index contributed by atoms with van der Waals surface area (Å²) in [6.45, 7) is 2.25. The van der Waals surface area contributed by atoms with Crippen LogP contribution in [0.2, 0.25) is 0 Å². The Bertz CT molecular complexity index is 893. The summed E-state index contributed by atoms with van der Waals surface area (Å²) in [5, 5.41) is 13.6. The summed E-state index contributed by atoms with van der Waals surface area (Å²) in [4.78, 5) is 42.8. The summed E-state index contributed by atoms with van der Waals surface area (Å²) in [5.74, 6) is -1.31. The number of rotatable bonds is 9. The fraction of sp³-hybridized carbons (Fsp3) is 0.550. The first-order valence-electron chi connectivity index (χ1n) is 10.2. The van der Waals surface area contributed by atoms with E-state index in [9.17, 15) is 14.4 Å². The summed E-state index contributed by atoms with van der Waals surface area (Å²) in [6.07, 6.45) is 5.55. The lowest BCUT2D eigenvalue weighted by Gasteiger charge is -2.29. The summed E-state index contributed by atoms with van der Waals surface area (Å²) >= 11 is 12.0. The highest BCUT2D eigenvalue weighted by atomic mass is 35.5. The molecule has 3 unspecified atom stereocenters. The van der Waals surface area contributed by atoms with Crippen LogP contribution in [0, 0.1) is 11.3 Å². The third-order valence-corrected chi connectivity index (χ3v) is 6.74. The van der Waals surface area contributed by atoms with Crippen molar-refractivity contribution in [1.29, 1.82) is 5.41 Å². The quantitative estimate of drug-likeness (QED) is 0.320. The zero-order chi connectivity index (χ0) is 22.8. The zero-order valence-electron chi connectivity index (χ0n) is 17.2. The van der Waals surface area contributed by atoms with Gasteiger partial charge in [0.2, 0.25) is 11.8 Å². The second-order valence-corrected chi connectivity index (χ2v) is 9.42. The maximum absolute atomic E-state index is 13.0. The number of carbonyl (C=O) groups excluding carboxylic acids is 3. The maximum atomic E-state index is 13.0. The standard InChI is InChI=1S/C20H26Cl2N6O3/c1-2-12-3-4-15(19(31)27-8-11-7-20(11,21)22)28(12)16(29)10-26-14-9-25-6-5-13(14)17(23)18(24)30/h5-6,9,11-12,15,23,26H,2-4,7-8,10H2,1H3,(H2,24,30)(H,27,31). The molecule has 2 fully saturated rings. The Balaban J connectivity index is 1.65. The summed E-state index contributed by atoms with van der Waals surface area (Å²) < 4.78 is -0.769. The molecule has 2 heterocycles. The largest absolute Gasteiger partial charge is 0.374 e. The number of carbonyl (C=O) groups is 3. The van der Waals surface area contributed by atoms with Gasteiger partial charge in [0.05, 0.1) is 18.4 Å². The number of alkyl halides is 2. The number of nitrogens with zero attached hydrogens (tertiary/aromatic N) is 2. The molecule has 0 radical (unpaired) electrons. The van der Waals surface area contributed by atoms with E-state index >= 15 is 0 Å². The molecule has 11 heteroatoms. The molecule has 168 valence electrons. The van der Waals surface area contributed by atoms with E-state index in [1.807, 2.05) is 6.92 Å². The van der Waals surface area contributed by atoms with Crippen molar-refractivity contribution in [3.63, 3.8) is 0 Å². The molecule has 0 bridgehead atoms. The first-order chi connectivity index (χ1) is 14.7. The van der Waals surface area contributed by atoms with Crippen LogP contribution in [0.3, 0.4) is 0 Å². The summed E-state index contributed by atoms with van der Waals surface area (Å²) in [7, 11) is 0. The minimum absolute atomic E-state index is 0.0264. The number of hydrogen-bond donors (Lipinski definition) is 4. The lowest BCUT2D eigenvalue weighted by atomic mass is 10.1. The molecule has 1 saturated carbocycles. The van der Waals surface area contributed by atoms with E-state index in [0.717, 1.165) is 12.8 Å². The van der Waals surface area contributed by atoms with E-state index < -0.39 is 16.3 Å². The van der Waals surface area contributed by atoms with Gasteiger partial charge in [0.1, 0.15) is 16.1 Å². The molecule has 5 N–H and O–H groups in total. The number of hydrogen-bond acceptors (Lipinski definition) is 6. The lowest BCUT2D eigenvalue weighted by molar-refractivity contribution is -0.139. The summed E-state index contributed by atoms with van der Waals surface area (Å²) in [6, 6.07) is 0.880. The van der Waals surface area contributed by atoms with Gasteiger partial charge < -0.3 is 21.3 Å². The molecule has 31 heavy (non-hydrogen) atoms. The van der Waals surface area contributed by atoms with Crippen LogP contribution in [0.25, 0.3) is 0 Å². The predicted octanol–water partition coefficient (Wildman–Crippen LogP) is 1.43. The van der Waals surface area contributed by atoms with Gasteiger partial charge >= 0.3 is 0 Å². The molecule has 1 aromatic heterocycles. The lowest BCUT2D eigenvalue weighted by Crippen LogP contribution is -2.50. The van der Waals surface area contributed by atoms with Gasteiger partial charge in [-0.25, -0.2) is 0 Å². The highest BCUT2D eigenvalue weighted by molar-refractivity contribution is 6.50. The van der Waals surface area contributed by atoms with E-state index in [0.29, 0.717) is 25.1 Å². The van der Waals surface area contributed by atoms with Gasteiger partial charge in [-0.2, -0.15) is 0 Å². The van der Waals surface area contributed by atoms with Crippen molar-refractivity contribution in [2.24, 2.45) is 11.7 Å². The normalized spacial score (nSPS) is 23.8. The monoisotopic (exact) mass is 468 g/mol. The first kappa shape index (κ1) is 23.3. The maximum Gasteiger partial charge on any atom is 0.267 e. The van der Waals surface area contributed by atoms with Crippen LogP contribution in [0.1, 0.15) is 38.2 Å². The minimum atomic E-state index is -0.878. The molecular formula is C20H26Cl2N6O3. The SMILES string of the molecule is CCC1CCC(C(=O)NCC2CC2(Cl)Cl)N1C(=O)CNc1cnccc1C(=N)C(N)=O. The van der Waals surface area contributed by atoms with E-state index in [2.05, 4.69) is 15.6 Å².